The molecule has 1 aliphatic heterocycles. The Labute approximate surface area is 202 Å². The minimum Gasteiger partial charge on any atom is -0.351 e. The molecule has 1 saturated carbocycles. The molecular formula is C29H35N3O2. The second-order valence-electron chi connectivity index (χ2n) is 10.3. The maximum atomic E-state index is 13.9. The van der Waals surface area contributed by atoms with E-state index < -0.39 is 5.54 Å². The van der Waals surface area contributed by atoms with E-state index in [1.54, 1.807) is 0 Å². The van der Waals surface area contributed by atoms with Crippen LogP contribution in [0.25, 0.3) is 10.9 Å². The van der Waals surface area contributed by atoms with Crippen molar-refractivity contribution in [2.24, 2.45) is 0 Å². The molecule has 5 nitrogen and oxygen atoms in total. The van der Waals surface area contributed by atoms with Gasteiger partial charge in [-0.1, -0.05) is 81.1 Å². The lowest BCUT2D eigenvalue weighted by atomic mass is 9.91. The molecule has 0 bridgehead atoms. The van der Waals surface area contributed by atoms with Gasteiger partial charge in [-0.05, 0) is 43.4 Å². The van der Waals surface area contributed by atoms with E-state index in [-0.39, 0.29) is 23.8 Å². The molecule has 2 aromatic carbocycles. The zero-order chi connectivity index (χ0) is 23.7. The number of carbonyl (C=O) groups excluding carboxylic acids is 2. The van der Waals surface area contributed by atoms with Gasteiger partial charge in [0.15, 0.2) is 0 Å². The summed E-state index contributed by atoms with van der Waals surface area (Å²) in [5.74, 6) is 0.0197. The van der Waals surface area contributed by atoms with Gasteiger partial charge in [-0.25, -0.2) is 0 Å². The van der Waals surface area contributed by atoms with Crippen molar-refractivity contribution in [3.05, 3.63) is 71.9 Å². The third-order valence-electron chi connectivity index (χ3n) is 7.84. The normalized spacial score (nSPS) is 22.3. The van der Waals surface area contributed by atoms with Gasteiger partial charge in [-0.3, -0.25) is 9.59 Å². The van der Waals surface area contributed by atoms with Crippen molar-refractivity contribution in [2.75, 3.05) is 6.54 Å². The number of aromatic nitrogens is 1. The van der Waals surface area contributed by atoms with Crippen LogP contribution >= 0.6 is 0 Å². The lowest BCUT2D eigenvalue weighted by Gasteiger charge is -2.45. The number of carbonyl (C=O) groups is 2. The highest BCUT2D eigenvalue weighted by Crippen LogP contribution is 2.34. The van der Waals surface area contributed by atoms with E-state index in [0.717, 1.165) is 36.6 Å². The van der Waals surface area contributed by atoms with E-state index in [4.69, 9.17) is 0 Å². The molecule has 3 aromatic rings. The number of fused-ring (bicyclic) bond motifs is 3. The third-order valence-corrected chi connectivity index (χ3v) is 7.84. The van der Waals surface area contributed by atoms with E-state index >= 15 is 0 Å². The van der Waals surface area contributed by atoms with E-state index in [1.807, 2.05) is 64.9 Å². The number of amides is 2. The summed E-state index contributed by atoms with van der Waals surface area (Å²) in [6.07, 6.45) is 6.83. The average molecular weight is 458 g/mol. The van der Waals surface area contributed by atoms with Crippen LogP contribution in [0.2, 0.25) is 0 Å². The third kappa shape index (κ3) is 4.13. The standard InChI is InChI=1S/C29H35N3O2/c1-21(22-12-6-5-7-13-22)19-32-27(33)26-18-23-14-10-11-17-25(23)31(26)20-29(32,2)28(34)30-24-15-8-3-4-9-16-24/h5-7,10-14,17-18,21,24H,3-4,8-9,15-16,19-20H2,1-2H3,(H,30,34)/t21-,29+/m0/s1. The lowest BCUT2D eigenvalue weighted by molar-refractivity contribution is -0.133. The number of nitrogens with one attached hydrogen (secondary N) is 1. The first-order valence-electron chi connectivity index (χ1n) is 12.7. The van der Waals surface area contributed by atoms with Crippen molar-refractivity contribution in [3.8, 4) is 0 Å². The molecule has 2 aliphatic rings. The van der Waals surface area contributed by atoms with Gasteiger partial charge < -0.3 is 14.8 Å². The number of nitrogens with zero attached hydrogens (tertiary/aromatic N) is 2. The highest BCUT2D eigenvalue weighted by Gasteiger charge is 2.48. The summed E-state index contributed by atoms with van der Waals surface area (Å²) in [5.41, 5.74) is 1.89. The number of rotatable bonds is 5. The fraction of sp³-hybridized carbons (Fsp3) is 0.448. The molecule has 0 saturated heterocycles. The van der Waals surface area contributed by atoms with Crippen LogP contribution in [0, 0.1) is 0 Å². The maximum Gasteiger partial charge on any atom is 0.271 e. The number of para-hydroxylation sites is 1. The summed E-state index contributed by atoms with van der Waals surface area (Å²) in [5, 5.41) is 4.39. The lowest BCUT2D eigenvalue weighted by Crippen LogP contribution is -2.65. The molecule has 2 heterocycles. The molecule has 1 N–H and O–H groups in total. The smallest absolute Gasteiger partial charge is 0.271 e. The first kappa shape index (κ1) is 22.7. The van der Waals surface area contributed by atoms with Crippen LogP contribution in [0.15, 0.2) is 60.7 Å². The molecule has 34 heavy (non-hydrogen) atoms. The van der Waals surface area contributed by atoms with Crippen LogP contribution in [0.3, 0.4) is 0 Å². The summed E-state index contributed by atoms with van der Waals surface area (Å²) in [4.78, 5) is 29.7. The molecule has 178 valence electrons. The van der Waals surface area contributed by atoms with Crippen LogP contribution in [0.5, 0.6) is 0 Å². The molecule has 0 radical (unpaired) electrons. The van der Waals surface area contributed by atoms with Crippen LogP contribution in [0.4, 0.5) is 0 Å². The van der Waals surface area contributed by atoms with Crippen molar-refractivity contribution >= 4 is 22.7 Å². The van der Waals surface area contributed by atoms with Gasteiger partial charge in [0.1, 0.15) is 11.2 Å². The first-order valence-corrected chi connectivity index (χ1v) is 12.7. The van der Waals surface area contributed by atoms with Gasteiger partial charge in [-0.15, -0.1) is 0 Å². The van der Waals surface area contributed by atoms with Crippen molar-refractivity contribution < 1.29 is 9.59 Å². The first-order chi connectivity index (χ1) is 16.5. The SMILES string of the molecule is C[C@@H](CN1C(=O)c2cc3ccccc3n2C[C@]1(C)C(=O)NC1CCCCCC1)c1ccccc1. The summed E-state index contributed by atoms with van der Waals surface area (Å²) < 4.78 is 2.05. The maximum absolute atomic E-state index is 13.9. The molecule has 0 unspecified atom stereocenters. The molecule has 5 heteroatoms. The van der Waals surface area contributed by atoms with Crippen LogP contribution in [-0.4, -0.2) is 39.4 Å². The topological polar surface area (TPSA) is 54.3 Å². The van der Waals surface area contributed by atoms with Gasteiger partial charge in [-0.2, -0.15) is 0 Å². The van der Waals surface area contributed by atoms with Crippen molar-refractivity contribution in [1.82, 2.24) is 14.8 Å². The van der Waals surface area contributed by atoms with E-state index in [9.17, 15) is 9.59 Å². The van der Waals surface area contributed by atoms with Gasteiger partial charge in [0, 0.05) is 23.5 Å². The van der Waals surface area contributed by atoms with E-state index in [2.05, 4.69) is 24.4 Å². The Morgan fingerprint density at radius 3 is 2.44 bits per heavy atom. The quantitative estimate of drug-likeness (QED) is 0.515. The fourth-order valence-corrected chi connectivity index (χ4v) is 5.72. The number of hydrogen-bond acceptors (Lipinski definition) is 2. The summed E-state index contributed by atoms with van der Waals surface area (Å²) >= 11 is 0. The molecule has 2 atom stereocenters. The molecule has 1 aromatic heterocycles. The van der Waals surface area contributed by atoms with Gasteiger partial charge in [0.05, 0.1) is 6.54 Å². The van der Waals surface area contributed by atoms with Crippen molar-refractivity contribution in [2.45, 2.75) is 76.4 Å². The number of hydrogen-bond donors (Lipinski definition) is 1. The molecule has 2 amide bonds. The van der Waals surface area contributed by atoms with Crippen LogP contribution in [-0.2, 0) is 11.3 Å². The van der Waals surface area contributed by atoms with Crippen LogP contribution in [0.1, 0.15) is 74.3 Å². The Hall–Kier alpha value is -3.08. The zero-order valence-corrected chi connectivity index (χ0v) is 20.3. The Morgan fingerprint density at radius 1 is 1.03 bits per heavy atom. The van der Waals surface area contributed by atoms with Crippen molar-refractivity contribution in [3.63, 3.8) is 0 Å². The largest absolute Gasteiger partial charge is 0.351 e. The molecule has 1 fully saturated rings. The second-order valence-corrected chi connectivity index (χ2v) is 10.3. The predicted octanol–water partition coefficient (Wildman–Crippen LogP) is 5.50. The Balaban J connectivity index is 1.51. The minimum atomic E-state index is -0.957. The van der Waals surface area contributed by atoms with Gasteiger partial charge in [0.2, 0.25) is 5.91 Å². The zero-order valence-electron chi connectivity index (χ0n) is 20.3. The summed E-state index contributed by atoms with van der Waals surface area (Å²) in [6.45, 7) is 5.05. The van der Waals surface area contributed by atoms with E-state index in [0.29, 0.717) is 18.8 Å². The average Bonchev–Trinajstić information content (AvgIpc) is 3.02. The Bertz CT molecular complexity index is 1180. The molecule has 5 rings (SSSR count). The predicted molar refractivity (Wildman–Crippen MR) is 136 cm³/mol. The molecule has 0 spiro atoms. The highest BCUT2D eigenvalue weighted by molar-refractivity contribution is 6.03. The Kier molecular flexibility index (Phi) is 6.20. The monoisotopic (exact) mass is 457 g/mol. The Morgan fingerprint density at radius 2 is 1.71 bits per heavy atom. The number of benzene rings is 2. The van der Waals surface area contributed by atoms with Crippen LogP contribution < -0.4 is 5.32 Å². The van der Waals surface area contributed by atoms with E-state index in [1.165, 1.54) is 18.4 Å². The summed E-state index contributed by atoms with van der Waals surface area (Å²) in [6, 6.07) is 20.5. The second kappa shape index (κ2) is 9.28. The summed E-state index contributed by atoms with van der Waals surface area (Å²) in [7, 11) is 0. The van der Waals surface area contributed by atoms with Gasteiger partial charge in [0.25, 0.3) is 5.91 Å². The van der Waals surface area contributed by atoms with Crippen molar-refractivity contribution in [1.29, 1.82) is 0 Å². The highest BCUT2D eigenvalue weighted by atomic mass is 16.2. The minimum absolute atomic E-state index is 0.0311. The fourth-order valence-electron chi connectivity index (χ4n) is 5.72. The molecule has 1 aliphatic carbocycles. The molecular weight excluding hydrogens is 422 g/mol. The van der Waals surface area contributed by atoms with Gasteiger partial charge >= 0.3 is 0 Å².